The van der Waals surface area contributed by atoms with E-state index in [9.17, 15) is 0 Å². The first kappa shape index (κ1) is 8.06. The normalized spacial score (nSPS) is 27.3. The Morgan fingerprint density at radius 3 is 2.70 bits per heavy atom. The average Bonchev–Trinajstić information content (AvgIpc) is 1.88. The van der Waals surface area contributed by atoms with Crippen molar-refractivity contribution in [3.8, 4) is 0 Å². The van der Waals surface area contributed by atoms with Gasteiger partial charge in [0.25, 0.3) is 0 Å². The highest BCUT2D eigenvalue weighted by Crippen LogP contribution is 2.18. The lowest BCUT2D eigenvalue weighted by molar-refractivity contribution is 0.00420. The maximum Gasteiger partial charge on any atom is 0.0577 e. The van der Waals surface area contributed by atoms with Crippen LogP contribution in [-0.4, -0.2) is 12.7 Å². The first-order valence-electron chi connectivity index (χ1n) is 4.40. The van der Waals surface area contributed by atoms with Crippen LogP contribution in [0.1, 0.15) is 39.5 Å². The molecule has 1 aliphatic heterocycles. The third-order valence-corrected chi connectivity index (χ3v) is 2.01. The molecule has 0 aromatic carbocycles. The van der Waals surface area contributed by atoms with Crippen molar-refractivity contribution in [2.45, 2.75) is 45.6 Å². The molecule has 0 aromatic heterocycles. The van der Waals surface area contributed by atoms with Crippen LogP contribution < -0.4 is 0 Å². The highest BCUT2D eigenvalue weighted by atomic mass is 16.5. The standard InChI is InChI=1S/C9H18O/c1-8(2)7-9-5-3-4-6-10-9/h8-9H,3-7H2,1-2H3/t9-/m1/s1. The van der Waals surface area contributed by atoms with E-state index >= 15 is 0 Å². The van der Waals surface area contributed by atoms with Gasteiger partial charge in [0.05, 0.1) is 6.10 Å². The molecule has 60 valence electrons. The molecule has 1 heteroatoms. The Morgan fingerprint density at radius 2 is 2.20 bits per heavy atom. The van der Waals surface area contributed by atoms with Gasteiger partial charge in [-0.25, -0.2) is 0 Å². The Bertz CT molecular complexity index is 82.7. The number of ether oxygens (including phenoxy) is 1. The predicted octanol–water partition coefficient (Wildman–Crippen LogP) is 2.60. The SMILES string of the molecule is CC(C)C[C@H]1CCCCO1. The molecular formula is C9H18O. The Kier molecular flexibility index (Phi) is 3.20. The summed E-state index contributed by atoms with van der Waals surface area (Å²) >= 11 is 0. The lowest BCUT2D eigenvalue weighted by Gasteiger charge is -2.23. The Hall–Kier alpha value is -0.0400. The van der Waals surface area contributed by atoms with Crippen LogP contribution >= 0.6 is 0 Å². The van der Waals surface area contributed by atoms with E-state index in [2.05, 4.69) is 13.8 Å². The second-order valence-corrected chi connectivity index (χ2v) is 3.62. The molecule has 0 bridgehead atoms. The number of rotatable bonds is 2. The summed E-state index contributed by atoms with van der Waals surface area (Å²) in [5.74, 6) is 0.795. The molecule has 0 aliphatic carbocycles. The van der Waals surface area contributed by atoms with Gasteiger partial charge in [-0.05, 0) is 31.6 Å². The molecule has 1 heterocycles. The average molecular weight is 142 g/mol. The second-order valence-electron chi connectivity index (χ2n) is 3.62. The van der Waals surface area contributed by atoms with Crippen molar-refractivity contribution in [3.05, 3.63) is 0 Å². The van der Waals surface area contributed by atoms with Crippen molar-refractivity contribution >= 4 is 0 Å². The lowest BCUT2D eigenvalue weighted by Crippen LogP contribution is -2.20. The molecule has 0 unspecified atom stereocenters. The van der Waals surface area contributed by atoms with Gasteiger partial charge in [-0.3, -0.25) is 0 Å². The van der Waals surface area contributed by atoms with Crippen LogP contribution in [0.2, 0.25) is 0 Å². The van der Waals surface area contributed by atoms with Crippen LogP contribution in [0.5, 0.6) is 0 Å². The van der Waals surface area contributed by atoms with Crippen molar-refractivity contribution in [2.75, 3.05) is 6.61 Å². The monoisotopic (exact) mass is 142 g/mol. The summed E-state index contributed by atoms with van der Waals surface area (Å²) < 4.78 is 5.59. The van der Waals surface area contributed by atoms with Gasteiger partial charge in [-0.15, -0.1) is 0 Å². The van der Waals surface area contributed by atoms with Crippen LogP contribution in [0.15, 0.2) is 0 Å². The van der Waals surface area contributed by atoms with E-state index in [1.54, 1.807) is 0 Å². The first-order valence-corrected chi connectivity index (χ1v) is 4.40. The van der Waals surface area contributed by atoms with Crippen LogP contribution in [0.3, 0.4) is 0 Å². The smallest absolute Gasteiger partial charge is 0.0577 e. The van der Waals surface area contributed by atoms with Crippen LogP contribution in [0.4, 0.5) is 0 Å². The zero-order valence-electron chi connectivity index (χ0n) is 7.10. The van der Waals surface area contributed by atoms with Crippen LogP contribution in [0, 0.1) is 5.92 Å². The summed E-state index contributed by atoms with van der Waals surface area (Å²) in [7, 11) is 0. The third-order valence-electron chi connectivity index (χ3n) is 2.01. The molecule has 0 aromatic rings. The minimum absolute atomic E-state index is 0.578. The van der Waals surface area contributed by atoms with Crippen molar-refractivity contribution < 1.29 is 4.74 Å². The van der Waals surface area contributed by atoms with Crippen LogP contribution in [-0.2, 0) is 4.74 Å². The highest BCUT2D eigenvalue weighted by Gasteiger charge is 2.14. The fraction of sp³-hybridized carbons (Fsp3) is 1.00. The molecule has 1 nitrogen and oxygen atoms in total. The largest absolute Gasteiger partial charge is 0.378 e. The molecule has 1 rings (SSSR count). The molecule has 1 saturated heterocycles. The molecule has 0 saturated carbocycles. The summed E-state index contributed by atoms with van der Waals surface area (Å²) in [6.45, 7) is 5.52. The Labute approximate surface area is 63.8 Å². The van der Waals surface area contributed by atoms with E-state index in [4.69, 9.17) is 4.74 Å². The van der Waals surface area contributed by atoms with E-state index < -0.39 is 0 Å². The topological polar surface area (TPSA) is 9.23 Å². The lowest BCUT2D eigenvalue weighted by atomic mass is 10.00. The van der Waals surface area contributed by atoms with Crippen molar-refractivity contribution in [2.24, 2.45) is 5.92 Å². The van der Waals surface area contributed by atoms with Gasteiger partial charge in [-0.2, -0.15) is 0 Å². The van der Waals surface area contributed by atoms with Crippen molar-refractivity contribution in [1.82, 2.24) is 0 Å². The van der Waals surface area contributed by atoms with Crippen LogP contribution in [0.25, 0.3) is 0 Å². The van der Waals surface area contributed by atoms with E-state index in [0.29, 0.717) is 6.10 Å². The van der Waals surface area contributed by atoms with Gasteiger partial charge in [0, 0.05) is 6.61 Å². The first-order chi connectivity index (χ1) is 4.79. The van der Waals surface area contributed by atoms with E-state index in [0.717, 1.165) is 12.5 Å². The number of hydrogen-bond acceptors (Lipinski definition) is 1. The zero-order chi connectivity index (χ0) is 7.40. The molecule has 1 atom stereocenters. The molecule has 0 amide bonds. The summed E-state index contributed by atoms with van der Waals surface area (Å²) in [6, 6.07) is 0. The Morgan fingerprint density at radius 1 is 1.40 bits per heavy atom. The van der Waals surface area contributed by atoms with Gasteiger partial charge in [0.2, 0.25) is 0 Å². The minimum Gasteiger partial charge on any atom is -0.378 e. The maximum atomic E-state index is 5.59. The fourth-order valence-electron chi connectivity index (χ4n) is 1.52. The minimum atomic E-state index is 0.578. The molecular weight excluding hydrogens is 124 g/mol. The van der Waals surface area contributed by atoms with Crippen molar-refractivity contribution in [3.63, 3.8) is 0 Å². The molecule has 1 aliphatic rings. The molecule has 0 N–H and O–H groups in total. The third kappa shape index (κ3) is 2.70. The quantitative estimate of drug-likeness (QED) is 0.576. The number of hydrogen-bond donors (Lipinski definition) is 0. The molecule has 1 fully saturated rings. The summed E-state index contributed by atoms with van der Waals surface area (Å²) in [4.78, 5) is 0. The van der Waals surface area contributed by atoms with Gasteiger partial charge in [0.15, 0.2) is 0 Å². The van der Waals surface area contributed by atoms with E-state index in [1.807, 2.05) is 0 Å². The maximum absolute atomic E-state index is 5.59. The zero-order valence-corrected chi connectivity index (χ0v) is 7.10. The molecule has 10 heavy (non-hydrogen) atoms. The summed E-state index contributed by atoms with van der Waals surface area (Å²) in [5.41, 5.74) is 0. The summed E-state index contributed by atoms with van der Waals surface area (Å²) in [6.07, 6.45) is 5.76. The Balaban J connectivity index is 2.13. The highest BCUT2D eigenvalue weighted by molar-refractivity contribution is 4.64. The molecule has 0 spiro atoms. The summed E-state index contributed by atoms with van der Waals surface area (Å²) in [5, 5.41) is 0. The van der Waals surface area contributed by atoms with Gasteiger partial charge in [0.1, 0.15) is 0 Å². The second kappa shape index (κ2) is 3.97. The van der Waals surface area contributed by atoms with Gasteiger partial charge < -0.3 is 4.74 Å². The van der Waals surface area contributed by atoms with Gasteiger partial charge in [-0.1, -0.05) is 13.8 Å². The van der Waals surface area contributed by atoms with E-state index in [1.165, 1.54) is 25.7 Å². The fourth-order valence-corrected chi connectivity index (χ4v) is 1.52. The van der Waals surface area contributed by atoms with Crippen molar-refractivity contribution in [1.29, 1.82) is 0 Å². The predicted molar refractivity (Wildman–Crippen MR) is 43.0 cm³/mol. The van der Waals surface area contributed by atoms with E-state index in [-0.39, 0.29) is 0 Å². The van der Waals surface area contributed by atoms with Gasteiger partial charge >= 0.3 is 0 Å². The molecule has 0 radical (unpaired) electrons.